The lowest BCUT2D eigenvalue weighted by molar-refractivity contribution is 0.102. The van der Waals surface area contributed by atoms with Gasteiger partial charge in [0.2, 0.25) is 10.0 Å². The van der Waals surface area contributed by atoms with Gasteiger partial charge in [-0.3, -0.25) is 4.79 Å². The van der Waals surface area contributed by atoms with Crippen LogP contribution in [0.15, 0.2) is 47.4 Å². The molecule has 1 amide bonds. The first kappa shape index (κ1) is 19.5. The third-order valence-corrected chi connectivity index (χ3v) is 5.91. The van der Waals surface area contributed by atoms with Gasteiger partial charge in [-0.25, -0.2) is 13.1 Å². The number of ether oxygens (including phenoxy) is 1. The first-order valence-corrected chi connectivity index (χ1v) is 10.5. The number of para-hydroxylation sites is 1. The summed E-state index contributed by atoms with van der Waals surface area (Å²) in [6, 6.07) is 12.0. The number of anilines is 1. The van der Waals surface area contributed by atoms with E-state index in [0.29, 0.717) is 30.0 Å². The van der Waals surface area contributed by atoms with Crippen LogP contribution in [0.2, 0.25) is 0 Å². The van der Waals surface area contributed by atoms with Gasteiger partial charge >= 0.3 is 0 Å². The van der Waals surface area contributed by atoms with E-state index in [1.165, 1.54) is 12.1 Å². The topological polar surface area (TPSA) is 84.5 Å². The number of aryl methyl sites for hydroxylation is 1. The molecule has 1 fully saturated rings. The molecule has 2 aromatic rings. The molecule has 0 atom stereocenters. The third-order valence-electron chi connectivity index (χ3n) is 4.39. The van der Waals surface area contributed by atoms with Gasteiger partial charge in [0.05, 0.1) is 11.5 Å². The molecule has 1 aliphatic carbocycles. The van der Waals surface area contributed by atoms with Gasteiger partial charge in [0.15, 0.2) is 0 Å². The van der Waals surface area contributed by atoms with Crippen LogP contribution < -0.4 is 10.0 Å². The Kier molecular flexibility index (Phi) is 5.94. The molecule has 0 heterocycles. The fourth-order valence-electron chi connectivity index (χ4n) is 2.67. The van der Waals surface area contributed by atoms with Crippen molar-refractivity contribution in [3.05, 3.63) is 59.2 Å². The average molecular weight is 388 g/mol. The van der Waals surface area contributed by atoms with Crippen molar-refractivity contribution in [2.45, 2.75) is 44.2 Å². The summed E-state index contributed by atoms with van der Waals surface area (Å²) in [6.07, 6.45) is 1.71. The van der Waals surface area contributed by atoms with Crippen molar-refractivity contribution >= 4 is 21.6 Å². The van der Waals surface area contributed by atoms with Crippen molar-refractivity contribution < 1.29 is 17.9 Å². The van der Waals surface area contributed by atoms with Crippen LogP contribution in [0.3, 0.4) is 0 Å². The van der Waals surface area contributed by atoms with Crippen LogP contribution >= 0.6 is 0 Å². The van der Waals surface area contributed by atoms with Crippen molar-refractivity contribution in [3.8, 4) is 0 Å². The Labute approximate surface area is 160 Å². The fraction of sp³-hybridized carbons (Fsp3) is 0.350. The van der Waals surface area contributed by atoms with Gasteiger partial charge in [-0.2, -0.15) is 0 Å². The smallest absolute Gasteiger partial charge is 0.255 e. The highest BCUT2D eigenvalue weighted by atomic mass is 32.2. The zero-order valence-electron chi connectivity index (χ0n) is 15.5. The standard InChI is InChI=1S/C20H24N2O4S/c1-3-26-13-15-6-4-5-7-19(15)21-20(23)18-12-17(11-8-14(18)2)27(24,25)22-16-9-10-16/h4-8,11-12,16,22H,3,9-10,13H2,1-2H3,(H,21,23). The van der Waals surface area contributed by atoms with Crippen LogP contribution in [0.1, 0.15) is 41.3 Å². The zero-order valence-corrected chi connectivity index (χ0v) is 16.3. The summed E-state index contributed by atoms with van der Waals surface area (Å²) >= 11 is 0. The number of hydrogen-bond acceptors (Lipinski definition) is 4. The van der Waals surface area contributed by atoms with Gasteiger partial charge in [-0.05, 0) is 50.5 Å². The molecule has 1 saturated carbocycles. The van der Waals surface area contributed by atoms with E-state index >= 15 is 0 Å². The minimum Gasteiger partial charge on any atom is -0.377 e. The van der Waals surface area contributed by atoms with Gasteiger partial charge in [-0.15, -0.1) is 0 Å². The molecule has 1 aliphatic rings. The minimum absolute atomic E-state index is 0.0130. The Balaban J connectivity index is 1.84. The number of rotatable bonds is 8. The number of sulfonamides is 1. The monoisotopic (exact) mass is 388 g/mol. The summed E-state index contributed by atoms with van der Waals surface area (Å²) in [6.45, 7) is 4.67. The van der Waals surface area contributed by atoms with Gasteiger partial charge < -0.3 is 10.1 Å². The summed E-state index contributed by atoms with van der Waals surface area (Å²) in [5, 5.41) is 2.87. The molecular weight excluding hydrogens is 364 g/mol. The van der Waals surface area contributed by atoms with E-state index in [-0.39, 0.29) is 16.8 Å². The van der Waals surface area contributed by atoms with E-state index in [1.54, 1.807) is 19.1 Å². The highest BCUT2D eigenvalue weighted by molar-refractivity contribution is 7.89. The highest BCUT2D eigenvalue weighted by Crippen LogP contribution is 2.24. The molecule has 0 saturated heterocycles. The summed E-state index contributed by atoms with van der Waals surface area (Å²) < 4.78 is 33.0. The molecule has 0 aromatic heterocycles. The van der Waals surface area contributed by atoms with E-state index in [4.69, 9.17) is 4.74 Å². The average Bonchev–Trinajstić information content (AvgIpc) is 3.44. The molecule has 3 rings (SSSR count). The van der Waals surface area contributed by atoms with Crippen molar-refractivity contribution in [1.82, 2.24) is 4.72 Å². The lowest BCUT2D eigenvalue weighted by Gasteiger charge is -2.13. The number of hydrogen-bond donors (Lipinski definition) is 2. The molecule has 0 unspecified atom stereocenters. The maximum absolute atomic E-state index is 12.8. The first-order chi connectivity index (χ1) is 12.9. The Hall–Kier alpha value is -2.22. The molecule has 2 aromatic carbocycles. The van der Waals surface area contributed by atoms with E-state index in [0.717, 1.165) is 18.4 Å². The first-order valence-electron chi connectivity index (χ1n) is 9.00. The number of carbonyl (C=O) groups is 1. The second kappa shape index (κ2) is 8.21. The predicted molar refractivity (Wildman–Crippen MR) is 104 cm³/mol. The zero-order chi connectivity index (χ0) is 19.4. The van der Waals surface area contributed by atoms with Crippen molar-refractivity contribution in [2.75, 3.05) is 11.9 Å². The minimum atomic E-state index is -3.61. The third kappa shape index (κ3) is 4.94. The van der Waals surface area contributed by atoms with Crippen LogP contribution in [0.25, 0.3) is 0 Å². The Morgan fingerprint density at radius 2 is 1.93 bits per heavy atom. The van der Waals surface area contributed by atoms with Crippen molar-refractivity contribution in [1.29, 1.82) is 0 Å². The Morgan fingerprint density at radius 1 is 1.19 bits per heavy atom. The Morgan fingerprint density at radius 3 is 2.63 bits per heavy atom. The van der Waals surface area contributed by atoms with Gasteiger partial charge in [0.25, 0.3) is 5.91 Å². The maximum atomic E-state index is 12.8. The van der Waals surface area contributed by atoms with Crippen LogP contribution in [-0.4, -0.2) is 27.0 Å². The number of benzene rings is 2. The normalized spacial score (nSPS) is 14.1. The molecule has 7 heteroatoms. The number of carbonyl (C=O) groups excluding carboxylic acids is 1. The van der Waals surface area contributed by atoms with Gasteiger partial charge in [0, 0.05) is 29.5 Å². The number of amides is 1. The molecule has 27 heavy (non-hydrogen) atoms. The second-order valence-electron chi connectivity index (χ2n) is 6.62. The largest absolute Gasteiger partial charge is 0.377 e. The van der Waals surface area contributed by atoms with Crippen LogP contribution in [-0.2, 0) is 21.4 Å². The van der Waals surface area contributed by atoms with E-state index in [1.807, 2.05) is 25.1 Å². The predicted octanol–water partition coefficient (Wildman–Crippen LogP) is 3.22. The SMILES string of the molecule is CCOCc1ccccc1NC(=O)c1cc(S(=O)(=O)NC2CC2)ccc1C. The van der Waals surface area contributed by atoms with Crippen LogP contribution in [0.5, 0.6) is 0 Å². The summed E-state index contributed by atoms with van der Waals surface area (Å²) in [4.78, 5) is 12.9. The molecule has 6 nitrogen and oxygen atoms in total. The molecule has 0 bridgehead atoms. The summed E-state index contributed by atoms with van der Waals surface area (Å²) in [5.41, 5.74) is 2.56. The summed E-state index contributed by atoms with van der Waals surface area (Å²) in [7, 11) is -3.61. The van der Waals surface area contributed by atoms with E-state index in [2.05, 4.69) is 10.0 Å². The van der Waals surface area contributed by atoms with Crippen molar-refractivity contribution in [2.24, 2.45) is 0 Å². The second-order valence-corrected chi connectivity index (χ2v) is 8.33. The summed E-state index contributed by atoms with van der Waals surface area (Å²) in [5.74, 6) is -0.347. The quantitative estimate of drug-likeness (QED) is 0.727. The molecular formula is C20H24N2O4S. The molecule has 2 N–H and O–H groups in total. The lowest BCUT2D eigenvalue weighted by atomic mass is 10.1. The highest BCUT2D eigenvalue weighted by Gasteiger charge is 2.28. The molecule has 0 aliphatic heterocycles. The number of nitrogens with one attached hydrogen (secondary N) is 2. The van der Waals surface area contributed by atoms with E-state index in [9.17, 15) is 13.2 Å². The molecule has 0 radical (unpaired) electrons. The van der Waals surface area contributed by atoms with Crippen LogP contribution in [0.4, 0.5) is 5.69 Å². The Bertz CT molecular complexity index is 937. The van der Waals surface area contributed by atoms with Crippen LogP contribution in [0, 0.1) is 6.92 Å². The maximum Gasteiger partial charge on any atom is 0.255 e. The molecule has 144 valence electrons. The van der Waals surface area contributed by atoms with Gasteiger partial charge in [-0.1, -0.05) is 24.3 Å². The lowest BCUT2D eigenvalue weighted by Crippen LogP contribution is -2.26. The van der Waals surface area contributed by atoms with E-state index < -0.39 is 10.0 Å². The fourth-order valence-corrected chi connectivity index (χ4v) is 4.00. The molecule has 0 spiro atoms. The van der Waals surface area contributed by atoms with Crippen molar-refractivity contribution in [3.63, 3.8) is 0 Å². The van der Waals surface area contributed by atoms with Gasteiger partial charge in [0.1, 0.15) is 0 Å².